The maximum Gasteiger partial charge on any atom is 0.129 e. The monoisotopic (exact) mass is 318 g/mol. The highest BCUT2D eigenvalue weighted by Crippen LogP contribution is 2.24. The molecule has 116 valence electrons. The van der Waals surface area contributed by atoms with E-state index in [2.05, 4.69) is 11.1 Å². The molecule has 1 atom stereocenters. The number of nitriles is 1. The van der Waals surface area contributed by atoms with E-state index in [-0.39, 0.29) is 6.61 Å². The normalized spacial score (nSPS) is 12.1. The Kier molecular flexibility index (Phi) is 6.01. The van der Waals surface area contributed by atoms with E-state index >= 15 is 0 Å². The van der Waals surface area contributed by atoms with Gasteiger partial charge in [0.2, 0.25) is 0 Å². The van der Waals surface area contributed by atoms with Crippen LogP contribution in [0.2, 0.25) is 0 Å². The molecule has 0 spiro atoms. The summed E-state index contributed by atoms with van der Waals surface area (Å²) in [6, 6.07) is 7.66. The van der Waals surface area contributed by atoms with Gasteiger partial charge in [0, 0.05) is 11.4 Å². The second kappa shape index (κ2) is 7.99. The van der Waals surface area contributed by atoms with Gasteiger partial charge in [0.1, 0.15) is 23.5 Å². The van der Waals surface area contributed by atoms with E-state index in [0.29, 0.717) is 22.9 Å². The van der Waals surface area contributed by atoms with Gasteiger partial charge in [0.05, 0.1) is 24.5 Å². The van der Waals surface area contributed by atoms with Crippen LogP contribution in [0.25, 0.3) is 0 Å². The predicted octanol–water partition coefficient (Wildman–Crippen LogP) is 2.83. The van der Waals surface area contributed by atoms with Gasteiger partial charge in [-0.2, -0.15) is 5.26 Å². The van der Waals surface area contributed by atoms with Crippen LogP contribution < -0.4 is 0 Å². The third kappa shape index (κ3) is 4.60. The van der Waals surface area contributed by atoms with Gasteiger partial charge in [-0.1, -0.05) is 0 Å². The van der Waals surface area contributed by atoms with Gasteiger partial charge >= 0.3 is 0 Å². The smallest absolute Gasteiger partial charge is 0.129 e. The Morgan fingerprint density at radius 1 is 1.50 bits per heavy atom. The molecule has 0 amide bonds. The molecule has 0 fully saturated rings. The Bertz CT molecular complexity index is 650. The lowest BCUT2D eigenvalue weighted by molar-refractivity contribution is 0.0328. The fourth-order valence-electron chi connectivity index (χ4n) is 1.96. The molecule has 5 nitrogen and oxygen atoms in total. The van der Waals surface area contributed by atoms with Gasteiger partial charge in [-0.15, -0.1) is 11.8 Å². The third-order valence-corrected chi connectivity index (χ3v) is 4.09. The summed E-state index contributed by atoms with van der Waals surface area (Å²) in [7, 11) is 0. The summed E-state index contributed by atoms with van der Waals surface area (Å²) in [6.07, 6.45) is 0.953. The van der Waals surface area contributed by atoms with Crippen molar-refractivity contribution in [2.24, 2.45) is 0 Å². The SMILES string of the molecule is Cc1cc(C)c(C#N)c(SCC(O)COCc2ccco2)n1. The molecule has 0 bridgehead atoms. The maximum absolute atomic E-state index is 9.95. The number of aliphatic hydroxyl groups is 1. The minimum atomic E-state index is -0.630. The number of furan rings is 1. The molecule has 0 aromatic carbocycles. The van der Waals surface area contributed by atoms with Crippen molar-refractivity contribution in [3.63, 3.8) is 0 Å². The molecule has 6 heteroatoms. The number of aromatic nitrogens is 1. The van der Waals surface area contributed by atoms with Crippen molar-refractivity contribution in [2.45, 2.75) is 31.6 Å². The molecule has 2 aromatic rings. The highest BCUT2D eigenvalue weighted by Gasteiger charge is 2.12. The summed E-state index contributed by atoms with van der Waals surface area (Å²) in [5, 5.41) is 19.8. The lowest BCUT2D eigenvalue weighted by Crippen LogP contribution is -2.18. The molecule has 22 heavy (non-hydrogen) atoms. The molecule has 2 aromatic heterocycles. The molecule has 0 radical (unpaired) electrons. The first-order chi connectivity index (χ1) is 10.6. The fourth-order valence-corrected chi connectivity index (χ4v) is 2.96. The van der Waals surface area contributed by atoms with Gasteiger partial charge in [-0.25, -0.2) is 4.98 Å². The molecular formula is C16H18N2O3S. The minimum Gasteiger partial charge on any atom is -0.467 e. The summed E-state index contributed by atoms with van der Waals surface area (Å²) in [5.74, 6) is 1.14. The highest BCUT2D eigenvalue weighted by atomic mass is 32.2. The Morgan fingerprint density at radius 2 is 2.32 bits per heavy atom. The van der Waals surface area contributed by atoms with Crippen molar-refractivity contribution < 1.29 is 14.3 Å². The zero-order valence-corrected chi connectivity index (χ0v) is 13.4. The first-order valence-corrected chi connectivity index (χ1v) is 7.88. The van der Waals surface area contributed by atoms with Crippen LogP contribution in [0.15, 0.2) is 33.9 Å². The first kappa shape index (κ1) is 16.6. The maximum atomic E-state index is 9.95. The zero-order valence-electron chi connectivity index (χ0n) is 12.6. The number of nitrogens with zero attached hydrogens (tertiary/aromatic N) is 2. The van der Waals surface area contributed by atoms with Crippen LogP contribution in [0.5, 0.6) is 0 Å². The van der Waals surface area contributed by atoms with Gasteiger partial charge in [0.25, 0.3) is 0 Å². The Balaban J connectivity index is 1.83. The Morgan fingerprint density at radius 3 is 3.00 bits per heavy atom. The number of ether oxygens (including phenoxy) is 1. The van der Waals surface area contributed by atoms with Crippen molar-refractivity contribution in [3.8, 4) is 6.07 Å². The van der Waals surface area contributed by atoms with Gasteiger partial charge in [0.15, 0.2) is 0 Å². The van der Waals surface area contributed by atoms with Crippen LogP contribution in [-0.4, -0.2) is 28.6 Å². The van der Waals surface area contributed by atoms with Gasteiger partial charge < -0.3 is 14.3 Å². The summed E-state index contributed by atoms with van der Waals surface area (Å²) >= 11 is 1.37. The van der Waals surface area contributed by atoms with Crippen molar-refractivity contribution in [2.75, 3.05) is 12.4 Å². The molecule has 2 heterocycles. The van der Waals surface area contributed by atoms with Crippen molar-refractivity contribution >= 4 is 11.8 Å². The van der Waals surface area contributed by atoms with E-state index in [1.54, 1.807) is 12.3 Å². The summed E-state index contributed by atoms with van der Waals surface area (Å²) in [4.78, 5) is 4.37. The number of thioether (sulfide) groups is 1. The number of hydrogen-bond donors (Lipinski definition) is 1. The Labute approximate surface area is 133 Å². The standard InChI is InChI=1S/C16H18N2O3S/c1-11-6-12(2)18-16(15(11)7-17)22-10-13(19)8-20-9-14-4-3-5-21-14/h3-6,13,19H,8-10H2,1-2H3. The molecule has 0 aliphatic heterocycles. The molecular weight excluding hydrogens is 300 g/mol. The first-order valence-electron chi connectivity index (χ1n) is 6.89. The molecule has 1 N–H and O–H groups in total. The average molecular weight is 318 g/mol. The van der Waals surface area contributed by atoms with E-state index in [0.717, 1.165) is 17.0 Å². The van der Waals surface area contributed by atoms with E-state index in [1.807, 2.05) is 26.0 Å². The summed E-state index contributed by atoms with van der Waals surface area (Å²) in [6.45, 7) is 4.32. The lowest BCUT2D eigenvalue weighted by Gasteiger charge is -2.12. The molecule has 0 aliphatic rings. The number of pyridine rings is 1. The third-order valence-electron chi connectivity index (χ3n) is 2.97. The zero-order chi connectivity index (χ0) is 15.9. The highest BCUT2D eigenvalue weighted by molar-refractivity contribution is 7.99. The van der Waals surface area contributed by atoms with Crippen LogP contribution >= 0.6 is 11.8 Å². The van der Waals surface area contributed by atoms with Crippen LogP contribution in [0.3, 0.4) is 0 Å². The van der Waals surface area contributed by atoms with Crippen molar-refractivity contribution in [3.05, 3.63) is 47.0 Å². The van der Waals surface area contributed by atoms with Crippen LogP contribution in [-0.2, 0) is 11.3 Å². The average Bonchev–Trinajstić information content (AvgIpc) is 2.98. The number of hydrogen-bond acceptors (Lipinski definition) is 6. The van der Waals surface area contributed by atoms with E-state index < -0.39 is 6.10 Å². The molecule has 0 saturated carbocycles. The van der Waals surface area contributed by atoms with Crippen molar-refractivity contribution in [1.82, 2.24) is 4.98 Å². The summed E-state index contributed by atoms with van der Waals surface area (Å²) < 4.78 is 10.5. The van der Waals surface area contributed by atoms with Crippen LogP contribution in [0.4, 0.5) is 0 Å². The van der Waals surface area contributed by atoms with Crippen molar-refractivity contribution in [1.29, 1.82) is 5.26 Å². The molecule has 1 unspecified atom stereocenters. The lowest BCUT2D eigenvalue weighted by atomic mass is 10.1. The molecule has 2 rings (SSSR count). The number of rotatable bonds is 7. The fraction of sp³-hybridized carbons (Fsp3) is 0.375. The summed E-state index contributed by atoms with van der Waals surface area (Å²) in [5.41, 5.74) is 2.34. The number of aliphatic hydroxyl groups excluding tert-OH is 1. The molecule has 0 aliphatic carbocycles. The molecule has 0 saturated heterocycles. The van der Waals surface area contributed by atoms with E-state index in [4.69, 9.17) is 9.15 Å². The van der Waals surface area contributed by atoms with E-state index in [9.17, 15) is 10.4 Å². The second-order valence-electron chi connectivity index (χ2n) is 4.93. The van der Waals surface area contributed by atoms with Gasteiger partial charge in [-0.05, 0) is 37.6 Å². The second-order valence-corrected chi connectivity index (χ2v) is 5.94. The topological polar surface area (TPSA) is 79.3 Å². The largest absolute Gasteiger partial charge is 0.467 e. The van der Waals surface area contributed by atoms with Gasteiger partial charge in [-0.3, -0.25) is 0 Å². The van der Waals surface area contributed by atoms with Crippen LogP contribution in [0, 0.1) is 25.2 Å². The Hall–Kier alpha value is -1.81. The minimum absolute atomic E-state index is 0.209. The van der Waals surface area contributed by atoms with Crippen LogP contribution in [0.1, 0.15) is 22.6 Å². The number of aryl methyl sites for hydroxylation is 2. The van der Waals surface area contributed by atoms with E-state index in [1.165, 1.54) is 11.8 Å². The quantitative estimate of drug-likeness (QED) is 0.791. The predicted molar refractivity (Wildman–Crippen MR) is 83.5 cm³/mol.